The van der Waals surface area contributed by atoms with E-state index >= 15 is 0 Å². The van der Waals surface area contributed by atoms with Gasteiger partial charge in [0.15, 0.2) is 0 Å². The zero-order valence-corrected chi connectivity index (χ0v) is 7.08. The van der Waals surface area contributed by atoms with Gasteiger partial charge in [-0.3, -0.25) is 0 Å². The summed E-state index contributed by atoms with van der Waals surface area (Å²) in [6.07, 6.45) is 10.6. The van der Waals surface area contributed by atoms with E-state index in [1.807, 2.05) is 6.08 Å². The lowest BCUT2D eigenvalue weighted by Gasteiger charge is -2.01. The van der Waals surface area contributed by atoms with Gasteiger partial charge in [0.05, 0.1) is 6.61 Å². The molecule has 1 unspecified atom stereocenters. The molecule has 1 rings (SSSR count). The number of allylic oxidation sites excluding steroid dienone is 4. The Labute approximate surface area is 68.1 Å². The molecule has 0 radical (unpaired) electrons. The van der Waals surface area contributed by atoms with Crippen LogP contribution in [0.1, 0.15) is 6.92 Å². The number of hydrogen-bond donors (Lipinski definition) is 0. The Kier molecular flexibility index (Phi) is 3.12. The van der Waals surface area contributed by atoms with Crippen LogP contribution in [0.5, 0.6) is 0 Å². The molecular formula is C10H14O. The van der Waals surface area contributed by atoms with E-state index in [-0.39, 0.29) is 0 Å². The van der Waals surface area contributed by atoms with E-state index in [0.29, 0.717) is 12.5 Å². The zero-order valence-electron chi connectivity index (χ0n) is 7.08. The monoisotopic (exact) mass is 150 g/mol. The molecule has 0 saturated carbocycles. The van der Waals surface area contributed by atoms with Crippen LogP contribution in [0.25, 0.3) is 0 Å². The topological polar surface area (TPSA) is 9.23 Å². The average Bonchev–Trinajstić information content (AvgIpc) is 2.15. The van der Waals surface area contributed by atoms with Gasteiger partial charge in [-0.15, -0.1) is 0 Å². The van der Waals surface area contributed by atoms with Crippen molar-refractivity contribution >= 4 is 0 Å². The molecule has 1 nitrogen and oxygen atoms in total. The van der Waals surface area contributed by atoms with Crippen LogP contribution < -0.4 is 0 Å². The van der Waals surface area contributed by atoms with Crippen LogP contribution in [0, 0.1) is 5.92 Å². The Balaban J connectivity index is 2.63. The molecular weight excluding hydrogens is 136 g/mol. The fourth-order valence-electron chi connectivity index (χ4n) is 1.13. The molecule has 0 fully saturated rings. The SMILES string of the molecule is COCC1=CC(C)C=CC=C1. The van der Waals surface area contributed by atoms with E-state index in [4.69, 9.17) is 4.74 Å². The average molecular weight is 150 g/mol. The summed E-state index contributed by atoms with van der Waals surface area (Å²) < 4.78 is 5.04. The third kappa shape index (κ3) is 2.72. The summed E-state index contributed by atoms with van der Waals surface area (Å²) in [6, 6.07) is 0. The highest BCUT2D eigenvalue weighted by atomic mass is 16.5. The molecule has 0 aromatic heterocycles. The van der Waals surface area contributed by atoms with Crippen molar-refractivity contribution in [1.29, 1.82) is 0 Å². The largest absolute Gasteiger partial charge is 0.380 e. The molecule has 0 N–H and O–H groups in total. The van der Waals surface area contributed by atoms with Gasteiger partial charge in [0.2, 0.25) is 0 Å². The van der Waals surface area contributed by atoms with Crippen molar-refractivity contribution in [2.45, 2.75) is 6.92 Å². The van der Waals surface area contributed by atoms with Gasteiger partial charge in [-0.2, -0.15) is 0 Å². The maximum atomic E-state index is 5.04. The second kappa shape index (κ2) is 4.14. The predicted molar refractivity (Wildman–Crippen MR) is 47.4 cm³/mol. The normalized spacial score (nSPS) is 23.1. The van der Waals surface area contributed by atoms with E-state index in [2.05, 4.69) is 31.2 Å². The minimum atomic E-state index is 0.523. The van der Waals surface area contributed by atoms with Crippen LogP contribution in [0.3, 0.4) is 0 Å². The summed E-state index contributed by atoms with van der Waals surface area (Å²) in [4.78, 5) is 0. The fourth-order valence-corrected chi connectivity index (χ4v) is 1.13. The van der Waals surface area contributed by atoms with Crippen LogP contribution in [0.4, 0.5) is 0 Å². The van der Waals surface area contributed by atoms with Crippen molar-refractivity contribution in [1.82, 2.24) is 0 Å². The molecule has 1 atom stereocenters. The van der Waals surface area contributed by atoms with Crippen LogP contribution in [0.2, 0.25) is 0 Å². The summed E-state index contributed by atoms with van der Waals surface area (Å²) in [5.41, 5.74) is 1.25. The predicted octanol–water partition coefficient (Wildman–Crippen LogP) is 2.32. The third-order valence-corrected chi connectivity index (χ3v) is 1.62. The first-order valence-electron chi connectivity index (χ1n) is 3.87. The molecule has 60 valence electrons. The number of hydrogen-bond acceptors (Lipinski definition) is 1. The molecule has 0 spiro atoms. The van der Waals surface area contributed by atoms with E-state index in [1.165, 1.54) is 5.57 Å². The lowest BCUT2D eigenvalue weighted by atomic mass is 10.1. The highest BCUT2D eigenvalue weighted by Crippen LogP contribution is 2.10. The van der Waals surface area contributed by atoms with Gasteiger partial charge in [0.1, 0.15) is 0 Å². The Bertz CT molecular complexity index is 199. The molecule has 0 bridgehead atoms. The van der Waals surface area contributed by atoms with E-state index < -0.39 is 0 Å². The van der Waals surface area contributed by atoms with Gasteiger partial charge in [-0.05, 0) is 11.5 Å². The Hall–Kier alpha value is -0.820. The zero-order chi connectivity index (χ0) is 8.10. The summed E-state index contributed by atoms with van der Waals surface area (Å²) in [6.45, 7) is 2.88. The van der Waals surface area contributed by atoms with Gasteiger partial charge in [-0.1, -0.05) is 37.3 Å². The van der Waals surface area contributed by atoms with Crippen LogP contribution >= 0.6 is 0 Å². The standard InChI is InChI=1S/C10H14O/c1-9-5-3-4-6-10(7-9)8-11-2/h3-7,9H,8H2,1-2H3. The summed E-state index contributed by atoms with van der Waals surface area (Å²) in [7, 11) is 1.72. The number of rotatable bonds is 2. The molecule has 0 amide bonds. The first-order valence-corrected chi connectivity index (χ1v) is 3.87. The molecule has 0 aromatic carbocycles. The molecule has 0 aromatic rings. The highest BCUT2D eigenvalue weighted by Gasteiger charge is 1.97. The minimum Gasteiger partial charge on any atom is -0.380 e. The second-order valence-electron chi connectivity index (χ2n) is 2.78. The van der Waals surface area contributed by atoms with Crippen molar-refractivity contribution in [2.24, 2.45) is 5.92 Å². The lowest BCUT2D eigenvalue weighted by Crippen LogP contribution is -1.93. The molecule has 0 heterocycles. The quantitative estimate of drug-likeness (QED) is 0.587. The molecule has 0 aliphatic heterocycles. The summed E-state index contributed by atoms with van der Waals surface area (Å²) in [5.74, 6) is 0.523. The molecule has 1 aliphatic carbocycles. The van der Waals surface area contributed by atoms with Gasteiger partial charge in [0, 0.05) is 7.11 Å². The maximum Gasteiger partial charge on any atom is 0.0710 e. The first-order chi connectivity index (χ1) is 5.33. The summed E-state index contributed by atoms with van der Waals surface area (Å²) in [5, 5.41) is 0. The fraction of sp³-hybridized carbons (Fsp3) is 0.400. The van der Waals surface area contributed by atoms with Crippen LogP contribution in [-0.4, -0.2) is 13.7 Å². The van der Waals surface area contributed by atoms with Gasteiger partial charge in [-0.25, -0.2) is 0 Å². The second-order valence-corrected chi connectivity index (χ2v) is 2.78. The van der Waals surface area contributed by atoms with Crippen molar-refractivity contribution in [3.8, 4) is 0 Å². The van der Waals surface area contributed by atoms with Gasteiger partial charge in [0.25, 0.3) is 0 Å². The van der Waals surface area contributed by atoms with Crippen LogP contribution in [0.15, 0.2) is 36.0 Å². The smallest absolute Gasteiger partial charge is 0.0710 e. The minimum absolute atomic E-state index is 0.523. The Morgan fingerprint density at radius 3 is 3.00 bits per heavy atom. The van der Waals surface area contributed by atoms with Crippen molar-refractivity contribution in [2.75, 3.05) is 13.7 Å². The number of methoxy groups -OCH3 is 1. The molecule has 1 aliphatic rings. The van der Waals surface area contributed by atoms with Crippen molar-refractivity contribution in [3.05, 3.63) is 36.0 Å². The maximum absolute atomic E-state index is 5.04. The molecule has 11 heavy (non-hydrogen) atoms. The number of ether oxygens (including phenoxy) is 1. The van der Waals surface area contributed by atoms with Gasteiger partial charge < -0.3 is 4.74 Å². The van der Waals surface area contributed by atoms with Crippen molar-refractivity contribution < 1.29 is 4.74 Å². The van der Waals surface area contributed by atoms with Gasteiger partial charge >= 0.3 is 0 Å². The van der Waals surface area contributed by atoms with E-state index in [9.17, 15) is 0 Å². The molecule has 0 saturated heterocycles. The van der Waals surface area contributed by atoms with Crippen LogP contribution in [-0.2, 0) is 4.74 Å². The van der Waals surface area contributed by atoms with Crippen molar-refractivity contribution in [3.63, 3.8) is 0 Å². The Morgan fingerprint density at radius 1 is 1.45 bits per heavy atom. The summed E-state index contributed by atoms with van der Waals surface area (Å²) >= 11 is 0. The Morgan fingerprint density at radius 2 is 2.27 bits per heavy atom. The lowest BCUT2D eigenvalue weighted by molar-refractivity contribution is 0.228. The van der Waals surface area contributed by atoms with E-state index in [0.717, 1.165) is 0 Å². The third-order valence-electron chi connectivity index (χ3n) is 1.62. The highest BCUT2D eigenvalue weighted by molar-refractivity contribution is 5.28. The van der Waals surface area contributed by atoms with E-state index in [1.54, 1.807) is 7.11 Å². The molecule has 1 heteroatoms. The first kappa shape index (κ1) is 8.28.